The summed E-state index contributed by atoms with van der Waals surface area (Å²) in [5, 5.41) is 11.8. The van der Waals surface area contributed by atoms with E-state index in [1.54, 1.807) is 60.0 Å². The minimum Gasteiger partial charge on any atom is -0.462 e. The van der Waals surface area contributed by atoms with Crippen LogP contribution in [0.4, 0.5) is 5.69 Å². The van der Waals surface area contributed by atoms with E-state index in [-0.39, 0.29) is 25.2 Å². The first-order chi connectivity index (χ1) is 20.6. The molecule has 0 bridgehead atoms. The Bertz CT molecular complexity index is 1680. The van der Waals surface area contributed by atoms with Crippen LogP contribution in [0.25, 0.3) is 11.0 Å². The normalized spacial score (nSPS) is 17.9. The molecule has 4 aromatic rings. The second-order valence-electron chi connectivity index (χ2n) is 10.1. The summed E-state index contributed by atoms with van der Waals surface area (Å²) >= 11 is 0. The molecule has 0 aliphatic carbocycles. The lowest BCUT2D eigenvalue weighted by Crippen LogP contribution is -2.32. The number of nitro benzene ring substituents is 1. The van der Waals surface area contributed by atoms with Crippen LogP contribution in [-0.2, 0) is 18.9 Å². The molecule has 3 aromatic carbocycles. The van der Waals surface area contributed by atoms with Crippen molar-refractivity contribution in [3.05, 3.63) is 105 Å². The minimum atomic E-state index is -0.847. The Kier molecular flexibility index (Phi) is 8.48. The predicted octanol–water partition coefficient (Wildman–Crippen LogP) is 5.11. The quantitative estimate of drug-likeness (QED) is 0.112. The molecular formula is C31H29N3O9. The summed E-state index contributed by atoms with van der Waals surface area (Å²) in [5.74, 6) is -1.97. The van der Waals surface area contributed by atoms with Crippen LogP contribution in [0, 0.1) is 24.0 Å². The molecule has 0 spiro atoms. The van der Waals surface area contributed by atoms with Crippen LogP contribution in [0.5, 0.6) is 0 Å². The lowest BCUT2D eigenvalue weighted by Gasteiger charge is -2.19. The molecule has 2 heterocycles. The number of carbonyl (C=O) groups is 3. The van der Waals surface area contributed by atoms with Gasteiger partial charge in [-0.3, -0.25) is 10.1 Å². The van der Waals surface area contributed by atoms with Crippen LogP contribution < -0.4 is 0 Å². The van der Waals surface area contributed by atoms with E-state index in [1.807, 2.05) is 13.8 Å². The minimum absolute atomic E-state index is 0.0525. The predicted molar refractivity (Wildman–Crippen MR) is 153 cm³/mol. The van der Waals surface area contributed by atoms with Crippen LogP contribution >= 0.6 is 0 Å². The van der Waals surface area contributed by atoms with E-state index in [2.05, 4.69) is 4.98 Å². The van der Waals surface area contributed by atoms with Crippen LogP contribution in [0.15, 0.2) is 67.0 Å². The van der Waals surface area contributed by atoms with Crippen molar-refractivity contribution in [1.29, 1.82) is 0 Å². The second-order valence-corrected chi connectivity index (χ2v) is 10.1. The molecule has 0 unspecified atom stereocenters. The SMILES string of the molecule is CCOC(=O)c1cc2ncn([C@H]3C[C@H](OC(=O)c4ccc(C)cc4)[C@@H](COC(=O)c4ccc(C)cc4)O3)c2cc1[N+](=O)[O-]. The lowest BCUT2D eigenvalue weighted by atomic mass is 10.1. The van der Waals surface area contributed by atoms with Crippen molar-refractivity contribution in [2.75, 3.05) is 13.2 Å². The number of esters is 3. The monoisotopic (exact) mass is 587 g/mol. The van der Waals surface area contributed by atoms with Crippen LogP contribution in [0.3, 0.4) is 0 Å². The third-order valence-electron chi connectivity index (χ3n) is 7.09. The first kappa shape index (κ1) is 29.4. The molecule has 1 aliphatic rings. The standard InChI is InChI=1S/C31H29N3O9/c1-4-40-31(37)22-13-23-25(14-24(22)34(38)39)33(17-32-23)28-15-26(43-30(36)21-11-7-19(3)8-12-21)27(42-28)16-41-29(35)20-9-5-18(2)6-10-20/h5-14,17,26-28H,4,15-16H2,1-3H3/t26-,27+,28+/m0/s1. The van der Waals surface area contributed by atoms with Crippen molar-refractivity contribution < 1.29 is 38.3 Å². The van der Waals surface area contributed by atoms with Crippen LogP contribution in [-0.4, -0.2) is 57.8 Å². The molecule has 1 saturated heterocycles. The van der Waals surface area contributed by atoms with Gasteiger partial charge in [-0.15, -0.1) is 0 Å². The number of aryl methyl sites for hydroxylation is 2. The van der Waals surface area contributed by atoms with Gasteiger partial charge >= 0.3 is 17.9 Å². The summed E-state index contributed by atoms with van der Waals surface area (Å²) in [5.41, 5.74) is 2.64. The summed E-state index contributed by atoms with van der Waals surface area (Å²) in [4.78, 5) is 53.6. The molecule has 5 rings (SSSR count). The molecule has 222 valence electrons. The van der Waals surface area contributed by atoms with E-state index in [0.717, 1.165) is 11.1 Å². The van der Waals surface area contributed by atoms with E-state index in [4.69, 9.17) is 18.9 Å². The number of hydrogen-bond donors (Lipinski definition) is 0. The number of nitrogens with zero attached hydrogens (tertiary/aromatic N) is 3. The van der Waals surface area contributed by atoms with E-state index in [9.17, 15) is 24.5 Å². The van der Waals surface area contributed by atoms with Gasteiger partial charge in [0.15, 0.2) is 0 Å². The van der Waals surface area contributed by atoms with Gasteiger partial charge in [-0.1, -0.05) is 35.4 Å². The van der Waals surface area contributed by atoms with E-state index in [0.29, 0.717) is 22.2 Å². The van der Waals surface area contributed by atoms with Gasteiger partial charge in [0.25, 0.3) is 5.69 Å². The third kappa shape index (κ3) is 6.38. The molecule has 1 aliphatic heterocycles. The van der Waals surface area contributed by atoms with Gasteiger partial charge in [-0.2, -0.15) is 0 Å². The maximum Gasteiger partial charge on any atom is 0.345 e. The average Bonchev–Trinajstić information content (AvgIpc) is 3.59. The highest BCUT2D eigenvalue weighted by molar-refractivity contribution is 5.98. The van der Waals surface area contributed by atoms with Gasteiger partial charge < -0.3 is 23.5 Å². The Morgan fingerprint density at radius 2 is 1.58 bits per heavy atom. The topological polar surface area (TPSA) is 149 Å². The zero-order valence-corrected chi connectivity index (χ0v) is 23.7. The fourth-order valence-electron chi connectivity index (χ4n) is 4.79. The van der Waals surface area contributed by atoms with Crippen molar-refractivity contribution in [2.45, 2.75) is 45.6 Å². The highest BCUT2D eigenvalue weighted by Crippen LogP contribution is 2.35. The summed E-state index contributed by atoms with van der Waals surface area (Å²) in [6, 6.07) is 16.3. The molecule has 0 N–H and O–H groups in total. The molecule has 1 aromatic heterocycles. The Balaban J connectivity index is 1.42. The zero-order chi connectivity index (χ0) is 30.7. The van der Waals surface area contributed by atoms with Crippen molar-refractivity contribution >= 4 is 34.6 Å². The number of fused-ring (bicyclic) bond motifs is 1. The summed E-state index contributed by atoms with van der Waals surface area (Å²) in [6.07, 6.45) is -0.885. The molecular weight excluding hydrogens is 558 g/mol. The van der Waals surface area contributed by atoms with Gasteiger partial charge in [0, 0.05) is 12.5 Å². The number of imidazole rings is 1. The largest absolute Gasteiger partial charge is 0.462 e. The zero-order valence-electron chi connectivity index (χ0n) is 23.7. The number of carbonyl (C=O) groups excluding carboxylic acids is 3. The fourth-order valence-corrected chi connectivity index (χ4v) is 4.79. The molecule has 3 atom stereocenters. The Hall–Kier alpha value is -5.10. The van der Waals surface area contributed by atoms with Crippen LogP contribution in [0.2, 0.25) is 0 Å². The Morgan fingerprint density at radius 1 is 0.953 bits per heavy atom. The molecule has 0 saturated carbocycles. The molecule has 12 heteroatoms. The molecule has 0 radical (unpaired) electrons. The van der Waals surface area contributed by atoms with Gasteiger partial charge in [-0.25, -0.2) is 19.4 Å². The highest BCUT2D eigenvalue weighted by atomic mass is 16.6. The van der Waals surface area contributed by atoms with Crippen molar-refractivity contribution in [3.63, 3.8) is 0 Å². The maximum atomic E-state index is 13.0. The van der Waals surface area contributed by atoms with Crippen molar-refractivity contribution in [3.8, 4) is 0 Å². The number of nitro groups is 1. The molecule has 12 nitrogen and oxygen atoms in total. The number of ether oxygens (including phenoxy) is 4. The number of hydrogen-bond acceptors (Lipinski definition) is 10. The lowest BCUT2D eigenvalue weighted by molar-refractivity contribution is -0.385. The number of rotatable bonds is 9. The second kappa shape index (κ2) is 12.4. The van der Waals surface area contributed by atoms with Gasteiger partial charge in [-0.05, 0) is 51.1 Å². The van der Waals surface area contributed by atoms with Crippen molar-refractivity contribution in [1.82, 2.24) is 9.55 Å². The van der Waals surface area contributed by atoms with E-state index >= 15 is 0 Å². The summed E-state index contributed by atoms with van der Waals surface area (Å²) in [6.45, 7) is 5.25. The van der Waals surface area contributed by atoms with E-state index < -0.39 is 47.0 Å². The third-order valence-corrected chi connectivity index (χ3v) is 7.09. The summed E-state index contributed by atoms with van der Waals surface area (Å²) in [7, 11) is 0. The smallest absolute Gasteiger partial charge is 0.345 e. The average molecular weight is 588 g/mol. The number of aromatic nitrogens is 2. The van der Waals surface area contributed by atoms with Crippen molar-refractivity contribution in [2.24, 2.45) is 0 Å². The van der Waals surface area contributed by atoms with Crippen LogP contribution in [0.1, 0.15) is 61.8 Å². The Labute approximate surface area is 246 Å². The number of benzene rings is 3. The Morgan fingerprint density at radius 3 is 2.19 bits per heavy atom. The molecule has 1 fully saturated rings. The van der Waals surface area contributed by atoms with Gasteiger partial charge in [0.2, 0.25) is 0 Å². The van der Waals surface area contributed by atoms with E-state index in [1.165, 1.54) is 18.5 Å². The maximum absolute atomic E-state index is 13.0. The van der Waals surface area contributed by atoms with Gasteiger partial charge in [0.1, 0.15) is 30.6 Å². The fraction of sp³-hybridized carbons (Fsp3) is 0.290. The first-order valence-electron chi connectivity index (χ1n) is 13.6. The highest BCUT2D eigenvalue weighted by Gasteiger charge is 2.41. The molecule has 0 amide bonds. The van der Waals surface area contributed by atoms with Gasteiger partial charge in [0.05, 0.1) is 40.0 Å². The molecule has 43 heavy (non-hydrogen) atoms. The summed E-state index contributed by atoms with van der Waals surface area (Å²) < 4.78 is 24.1. The first-order valence-corrected chi connectivity index (χ1v) is 13.6.